The van der Waals surface area contributed by atoms with Crippen molar-refractivity contribution in [3.63, 3.8) is 0 Å². The highest BCUT2D eigenvalue weighted by Gasteiger charge is 2.18. The Labute approximate surface area is 185 Å². The smallest absolute Gasteiger partial charge is 0.321 e. The number of nitrogens with zero attached hydrogens (tertiary/aromatic N) is 2. The maximum Gasteiger partial charge on any atom is 0.329 e. The molecule has 0 aliphatic heterocycles. The van der Waals surface area contributed by atoms with Gasteiger partial charge in [-0.05, 0) is 56.7 Å². The quantitative estimate of drug-likeness (QED) is 0.435. The van der Waals surface area contributed by atoms with Crippen LogP contribution in [0.3, 0.4) is 0 Å². The molecule has 0 aliphatic rings. The highest BCUT2D eigenvalue weighted by molar-refractivity contribution is 7.99. The summed E-state index contributed by atoms with van der Waals surface area (Å²) in [6, 6.07) is 21.5. The molecule has 0 fully saturated rings. The first-order valence-corrected chi connectivity index (χ1v) is 11.2. The van der Waals surface area contributed by atoms with Gasteiger partial charge in [-0.2, -0.15) is 0 Å². The van der Waals surface area contributed by atoms with Crippen molar-refractivity contribution >= 4 is 34.4 Å². The van der Waals surface area contributed by atoms with Crippen LogP contribution in [-0.4, -0.2) is 15.0 Å². The van der Waals surface area contributed by atoms with Gasteiger partial charge in [0.1, 0.15) is 0 Å². The van der Waals surface area contributed by atoms with Gasteiger partial charge in [0.15, 0.2) is 0 Å². The van der Waals surface area contributed by atoms with Crippen LogP contribution in [0.15, 0.2) is 81.3 Å². The number of fused-ring (bicyclic) bond motifs is 1. The lowest BCUT2D eigenvalue weighted by molar-refractivity contribution is 0.102. The molecule has 0 unspecified atom stereocenters. The molecular weight excluding hydrogens is 406 g/mol. The zero-order valence-electron chi connectivity index (χ0n) is 17.9. The molecule has 158 valence electrons. The molecule has 0 atom stereocenters. The molecule has 1 amide bonds. The predicted octanol–water partition coefficient (Wildman–Crippen LogP) is 5.55. The second-order valence-electron chi connectivity index (χ2n) is 7.29. The van der Waals surface area contributed by atoms with Crippen molar-refractivity contribution in [3.8, 4) is 0 Å². The third-order valence-corrected chi connectivity index (χ3v) is 6.43. The molecule has 4 aromatic rings. The maximum absolute atomic E-state index is 13.1. The summed E-state index contributed by atoms with van der Waals surface area (Å²) >= 11 is 1.57. The molecule has 3 aromatic carbocycles. The Morgan fingerprint density at radius 3 is 2.16 bits per heavy atom. The van der Waals surface area contributed by atoms with Gasteiger partial charge in [-0.1, -0.05) is 48.2 Å². The topological polar surface area (TPSA) is 56.0 Å². The Morgan fingerprint density at radius 1 is 0.903 bits per heavy atom. The third-order valence-electron chi connectivity index (χ3n) is 5.36. The average molecular weight is 432 g/mol. The van der Waals surface area contributed by atoms with Crippen LogP contribution in [0.4, 0.5) is 5.69 Å². The van der Waals surface area contributed by atoms with Crippen LogP contribution in [0.5, 0.6) is 0 Å². The fraction of sp³-hybridized carbons (Fsp3) is 0.200. The Balaban J connectivity index is 1.86. The summed E-state index contributed by atoms with van der Waals surface area (Å²) < 4.78 is 3.53. The van der Waals surface area contributed by atoms with E-state index >= 15 is 0 Å². The minimum Gasteiger partial charge on any atom is -0.321 e. The molecule has 0 spiro atoms. The number of hydrogen-bond donors (Lipinski definition) is 1. The highest BCUT2D eigenvalue weighted by Crippen LogP contribution is 2.36. The highest BCUT2D eigenvalue weighted by atomic mass is 32.2. The normalized spacial score (nSPS) is 11.1. The van der Waals surface area contributed by atoms with Crippen LogP contribution in [0, 0.1) is 6.92 Å². The summed E-state index contributed by atoms with van der Waals surface area (Å²) in [5, 5.41) is 3.09. The number of imidazole rings is 1. The second kappa shape index (κ2) is 8.86. The van der Waals surface area contributed by atoms with Crippen molar-refractivity contribution in [2.24, 2.45) is 0 Å². The monoisotopic (exact) mass is 431 g/mol. The first kappa shape index (κ1) is 21.0. The first-order valence-electron chi connectivity index (χ1n) is 10.4. The predicted molar refractivity (Wildman–Crippen MR) is 127 cm³/mol. The van der Waals surface area contributed by atoms with Gasteiger partial charge in [-0.3, -0.25) is 13.9 Å². The van der Waals surface area contributed by atoms with Crippen LogP contribution in [0.25, 0.3) is 11.0 Å². The molecule has 0 radical (unpaired) electrons. The number of aryl methyl sites for hydroxylation is 3. The van der Waals surface area contributed by atoms with E-state index in [2.05, 4.69) is 5.32 Å². The van der Waals surface area contributed by atoms with Crippen molar-refractivity contribution in [1.82, 2.24) is 9.13 Å². The number of benzene rings is 3. The number of carbonyl (C=O) groups excluding carboxylic acids is 1. The van der Waals surface area contributed by atoms with Crippen LogP contribution in [0.1, 0.15) is 29.8 Å². The van der Waals surface area contributed by atoms with Gasteiger partial charge >= 0.3 is 5.69 Å². The number of anilines is 1. The third kappa shape index (κ3) is 4.03. The molecule has 0 saturated carbocycles. The molecule has 1 aromatic heterocycles. The number of aromatic nitrogens is 2. The van der Waals surface area contributed by atoms with Gasteiger partial charge in [-0.25, -0.2) is 4.79 Å². The van der Waals surface area contributed by atoms with Gasteiger partial charge in [0.2, 0.25) is 0 Å². The number of hydrogen-bond acceptors (Lipinski definition) is 3. The molecule has 31 heavy (non-hydrogen) atoms. The van der Waals surface area contributed by atoms with E-state index in [-0.39, 0.29) is 11.6 Å². The van der Waals surface area contributed by atoms with Gasteiger partial charge in [0, 0.05) is 28.4 Å². The van der Waals surface area contributed by atoms with E-state index in [1.54, 1.807) is 20.9 Å². The minimum absolute atomic E-state index is 0.0296. The second-order valence-corrected chi connectivity index (χ2v) is 8.41. The van der Waals surface area contributed by atoms with Crippen molar-refractivity contribution in [3.05, 3.63) is 88.3 Å². The van der Waals surface area contributed by atoms with Crippen molar-refractivity contribution in [2.75, 3.05) is 5.32 Å². The standard InChI is InChI=1S/C25H25N3O2S/c1-4-27-21-15-20(26-24(29)19-14-10-9-11-17(19)3)23(31-18-12-7-6-8-13-18)16-22(21)28(5-2)25(27)30/h6-16H,4-5H2,1-3H3,(H,26,29). The van der Waals surface area contributed by atoms with E-state index in [0.717, 1.165) is 26.4 Å². The van der Waals surface area contributed by atoms with Gasteiger partial charge in [0.25, 0.3) is 5.91 Å². The fourth-order valence-electron chi connectivity index (χ4n) is 3.77. The van der Waals surface area contributed by atoms with E-state index in [1.807, 2.05) is 87.5 Å². The summed E-state index contributed by atoms with van der Waals surface area (Å²) in [6.07, 6.45) is 0. The summed E-state index contributed by atoms with van der Waals surface area (Å²) in [5.74, 6) is -0.160. The number of amides is 1. The zero-order valence-corrected chi connectivity index (χ0v) is 18.7. The molecule has 5 nitrogen and oxygen atoms in total. The Kier molecular flexibility index (Phi) is 6.00. The number of rotatable bonds is 6. The first-order chi connectivity index (χ1) is 15.0. The van der Waals surface area contributed by atoms with E-state index < -0.39 is 0 Å². The van der Waals surface area contributed by atoms with Crippen molar-refractivity contribution in [2.45, 2.75) is 43.7 Å². The zero-order chi connectivity index (χ0) is 22.0. The molecule has 0 saturated heterocycles. The van der Waals surface area contributed by atoms with Crippen molar-refractivity contribution < 1.29 is 4.79 Å². The molecule has 0 bridgehead atoms. The van der Waals surface area contributed by atoms with Crippen LogP contribution < -0.4 is 11.0 Å². The van der Waals surface area contributed by atoms with Crippen LogP contribution >= 0.6 is 11.8 Å². The number of nitrogens with one attached hydrogen (secondary N) is 1. The summed E-state index contributed by atoms with van der Waals surface area (Å²) in [4.78, 5) is 27.9. The molecule has 0 aliphatic carbocycles. The molecule has 6 heteroatoms. The molecule has 4 rings (SSSR count). The van der Waals surface area contributed by atoms with Gasteiger partial charge in [0.05, 0.1) is 16.7 Å². The fourth-order valence-corrected chi connectivity index (χ4v) is 4.71. The Bertz CT molecular complexity index is 1310. The average Bonchev–Trinajstić information content (AvgIpc) is 3.04. The Hall–Kier alpha value is -3.25. The SMILES string of the molecule is CCn1c(=O)n(CC)c2cc(Sc3ccccc3)c(NC(=O)c3ccccc3C)cc21. The molecular formula is C25H25N3O2S. The van der Waals surface area contributed by atoms with Gasteiger partial charge < -0.3 is 5.32 Å². The minimum atomic E-state index is -0.160. The number of carbonyl (C=O) groups is 1. The van der Waals surface area contributed by atoms with E-state index in [9.17, 15) is 9.59 Å². The van der Waals surface area contributed by atoms with Crippen LogP contribution in [-0.2, 0) is 13.1 Å². The van der Waals surface area contributed by atoms with Crippen LogP contribution in [0.2, 0.25) is 0 Å². The molecule has 1 heterocycles. The largest absolute Gasteiger partial charge is 0.329 e. The van der Waals surface area contributed by atoms with Gasteiger partial charge in [-0.15, -0.1) is 0 Å². The Morgan fingerprint density at radius 2 is 1.52 bits per heavy atom. The lowest BCUT2D eigenvalue weighted by Crippen LogP contribution is -2.23. The lowest BCUT2D eigenvalue weighted by Gasteiger charge is -2.14. The molecule has 1 N–H and O–H groups in total. The maximum atomic E-state index is 13.1. The summed E-state index contributed by atoms with van der Waals surface area (Å²) in [5.41, 5.74) is 3.93. The van der Waals surface area contributed by atoms with Crippen molar-refractivity contribution in [1.29, 1.82) is 0 Å². The summed E-state index contributed by atoms with van der Waals surface area (Å²) in [7, 11) is 0. The summed E-state index contributed by atoms with van der Waals surface area (Å²) in [6.45, 7) is 7.01. The van der Waals surface area contributed by atoms with E-state index in [1.165, 1.54) is 0 Å². The van der Waals surface area contributed by atoms with E-state index in [4.69, 9.17) is 0 Å². The lowest BCUT2D eigenvalue weighted by atomic mass is 10.1. The van der Waals surface area contributed by atoms with E-state index in [0.29, 0.717) is 24.3 Å².